The summed E-state index contributed by atoms with van der Waals surface area (Å²) in [6.45, 7) is 0. The van der Waals surface area contributed by atoms with Crippen LogP contribution in [0.25, 0.3) is 10.9 Å². The maximum absolute atomic E-state index is 11.3. The number of H-pyrrole nitrogens is 1. The largest absolute Gasteiger partial charge is 0.385 e. The molecule has 0 bridgehead atoms. The second-order valence-electron chi connectivity index (χ2n) is 6.38. The summed E-state index contributed by atoms with van der Waals surface area (Å²) < 4.78 is 25.3. The lowest BCUT2D eigenvalue weighted by molar-refractivity contribution is 0.103. The van der Waals surface area contributed by atoms with Gasteiger partial charge in [-0.3, -0.25) is 5.10 Å². The average molecular weight is 342 g/mol. The van der Waals surface area contributed by atoms with Crippen molar-refractivity contribution >= 4 is 32.5 Å². The first-order valence-electron chi connectivity index (χ1n) is 7.12. The molecular weight excluding hydrogens is 326 g/mol. The summed E-state index contributed by atoms with van der Waals surface area (Å²) in [6, 6.07) is 3.48. The number of hydrogen-bond acceptors (Lipinski definition) is 4. The van der Waals surface area contributed by atoms with Crippen LogP contribution in [0.3, 0.4) is 0 Å². The van der Waals surface area contributed by atoms with Crippen LogP contribution in [0.1, 0.15) is 18.4 Å². The van der Waals surface area contributed by atoms with Crippen LogP contribution in [-0.2, 0) is 15.6 Å². The molecule has 0 radical (unpaired) electrons. The molecule has 6 nitrogen and oxygen atoms in total. The van der Waals surface area contributed by atoms with Crippen LogP contribution < -0.4 is 4.72 Å². The van der Waals surface area contributed by atoms with E-state index in [1.807, 2.05) is 0 Å². The summed E-state index contributed by atoms with van der Waals surface area (Å²) in [5.74, 6) is 0.117. The third-order valence-electron chi connectivity index (χ3n) is 4.92. The molecule has 0 spiro atoms. The van der Waals surface area contributed by atoms with Crippen LogP contribution >= 0.6 is 11.6 Å². The summed E-state index contributed by atoms with van der Waals surface area (Å²) in [7, 11) is -3.21. The number of halogens is 1. The number of hydrogen-bond donors (Lipinski definition) is 3. The number of nitrogens with one attached hydrogen (secondary N) is 2. The Bertz CT molecular complexity index is 851. The van der Waals surface area contributed by atoms with Gasteiger partial charge in [-0.25, -0.2) is 13.1 Å². The van der Waals surface area contributed by atoms with E-state index in [2.05, 4.69) is 14.9 Å². The highest BCUT2D eigenvalue weighted by molar-refractivity contribution is 7.88. The fourth-order valence-corrected chi connectivity index (χ4v) is 5.08. The van der Waals surface area contributed by atoms with Gasteiger partial charge in [0.15, 0.2) is 0 Å². The van der Waals surface area contributed by atoms with Gasteiger partial charge in [-0.1, -0.05) is 11.6 Å². The molecule has 4 atom stereocenters. The zero-order valence-corrected chi connectivity index (χ0v) is 13.4. The zero-order valence-electron chi connectivity index (χ0n) is 11.9. The van der Waals surface area contributed by atoms with E-state index in [9.17, 15) is 13.5 Å². The first-order chi connectivity index (χ1) is 10.3. The quantitative estimate of drug-likeness (QED) is 0.785. The van der Waals surface area contributed by atoms with E-state index in [4.69, 9.17) is 11.6 Å². The molecule has 2 saturated carbocycles. The summed E-state index contributed by atoms with van der Waals surface area (Å²) in [5.41, 5.74) is 0.658. The predicted molar refractivity (Wildman–Crippen MR) is 83.0 cm³/mol. The molecule has 1 heterocycles. The zero-order chi connectivity index (χ0) is 15.7. The maximum Gasteiger partial charge on any atom is 0.208 e. The van der Waals surface area contributed by atoms with E-state index in [0.29, 0.717) is 17.9 Å². The van der Waals surface area contributed by atoms with Crippen molar-refractivity contribution in [3.05, 3.63) is 28.9 Å². The Kier molecular flexibility index (Phi) is 2.92. The molecule has 2 aliphatic rings. The van der Waals surface area contributed by atoms with Gasteiger partial charge in [-0.2, -0.15) is 5.10 Å². The van der Waals surface area contributed by atoms with Crippen molar-refractivity contribution < 1.29 is 13.5 Å². The summed E-state index contributed by atoms with van der Waals surface area (Å²) >= 11 is 6.14. The van der Waals surface area contributed by atoms with Crippen LogP contribution in [0.5, 0.6) is 0 Å². The third kappa shape index (κ3) is 2.07. The highest BCUT2D eigenvalue weighted by atomic mass is 35.5. The third-order valence-corrected chi connectivity index (χ3v) is 5.90. The summed E-state index contributed by atoms with van der Waals surface area (Å²) in [5, 5.41) is 19.4. The van der Waals surface area contributed by atoms with Gasteiger partial charge in [0, 0.05) is 16.5 Å². The van der Waals surface area contributed by atoms with E-state index < -0.39 is 15.6 Å². The number of fused-ring (bicyclic) bond motifs is 2. The molecular formula is C14H16ClN3O3S. The first kappa shape index (κ1) is 14.4. The van der Waals surface area contributed by atoms with Crippen LogP contribution in [0.4, 0.5) is 0 Å². The minimum atomic E-state index is -3.21. The predicted octanol–water partition coefficient (Wildman–Crippen LogP) is 1.36. The lowest BCUT2D eigenvalue weighted by atomic mass is 9.95. The molecule has 118 valence electrons. The van der Waals surface area contributed by atoms with E-state index in [0.717, 1.165) is 22.7 Å². The Morgan fingerprint density at radius 1 is 1.41 bits per heavy atom. The number of benzene rings is 1. The Balaban J connectivity index is 1.64. The topological polar surface area (TPSA) is 95.1 Å². The number of nitrogens with zero attached hydrogens (tertiary/aromatic N) is 1. The minimum absolute atomic E-state index is 0.0586. The molecule has 8 heteroatoms. The second kappa shape index (κ2) is 4.44. The average Bonchev–Trinajstić information content (AvgIpc) is 2.83. The monoisotopic (exact) mass is 341 g/mol. The Hall–Kier alpha value is -1.15. The SMILES string of the molecule is CS(=O)(=O)N[C@@H]1C[C@@H]2[C@H](C1)[C@]2(O)c1cc(Cl)cc2[nH]ncc12. The maximum atomic E-state index is 11.3. The van der Waals surface area contributed by atoms with E-state index in [-0.39, 0.29) is 17.9 Å². The van der Waals surface area contributed by atoms with Gasteiger partial charge in [-0.05, 0) is 42.4 Å². The van der Waals surface area contributed by atoms with E-state index in [1.165, 1.54) is 0 Å². The minimum Gasteiger partial charge on any atom is -0.385 e. The van der Waals surface area contributed by atoms with Gasteiger partial charge in [0.1, 0.15) is 0 Å². The first-order valence-corrected chi connectivity index (χ1v) is 9.39. The molecule has 0 amide bonds. The number of sulfonamides is 1. The van der Waals surface area contributed by atoms with Gasteiger partial charge in [0.2, 0.25) is 10.0 Å². The Morgan fingerprint density at radius 3 is 2.73 bits per heavy atom. The van der Waals surface area contributed by atoms with Crippen LogP contribution in [0.15, 0.2) is 18.3 Å². The molecule has 2 aromatic rings. The molecule has 4 rings (SSSR count). The van der Waals surface area contributed by atoms with E-state index >= 15 is 0 Å². The summed E-state index contributed by atoms with van der Waals surface area (Å²) in [4.78, 5) is 0. The number of aromatic amines is 1. The highest BCUT2D eigenvalue weighted by Gasteiger charge is 2.69. The molecule has 1 aromatic carbocycles. The molecule has 1 aromatic heterocycles. The number of rotatable bonds is 3. The van der Waals surface area contributed by atoms with Crippen molar-refractivity contribution in [1.29, 1.82) is 0 Å². The second-order valence-corrected chi connectivity index (χ2v) is 8.60. The Labute approximate surface area is 132 Å². The molecule has 0 unspecified atom stereocenters. The Morgan fingerprint density at radius 2 is 2.09 bits per heavy atom. The number of aromatic nitrogens is 2. The summed E-state index contributed by atoms with van der Waals surface area (Å²) in [6.07, 6.45) is 4.13. The van der Waals surface area contributed by atoms with Crippen molar-refractivity contribution in [2.75, 3.05) is 6.26 Å². The van der Waals surface area contributed by atoms with Crippen molar-refractivity contribution in [1.82, 2.24) is 14.9 Å². The van der Waals surface area contributed by atoms with E-state index in [1.54, 1.807) is 18.3 Å². The van der Waals surface area contributed by atoms with Crippen LogP contribution in [0.2, 0.25) is 5.02 Å². The van der Waals surface area contributed by atoms with Crippen molar-refractivity contribution in [3.8, 4) is 0 Å². The number of aliphatic hydroxyl groups is 1. The molecule has 0 saturated heterocycles. The molecule has 0 aliphatic heterocycles. The van der Waals surface area contributed by atoms with Crippen LogP contribution in [0, 0.1) is 11.8 Å². The fourth-order valence-electron chi connectivity index (χ4n) is 4.06. The molecule has 2 fully saturated rings. The fraction of sp³-hybridized carbons (Fsp3) is 0.500. The normalized spacial score (nSPS) is 34.0. The van der Waals surface area contributed by atoms with Gasteiger partial charge >= 0.3 is 0 Å². The van der Waals surface area contributed by atoms with Crippen molar-refractivity contribution in [2.45, 2.75) is 24.5 Å². The van der Waals surface area contributed by atoms with Crippen molar-refractivity contribution in [2.24, 2.45) is 11.8 Å². The lowest BCUT2D eigenvalue weighted by Crippen LogP contribution is -2.35. The molecule has 3 N–H and O–H groups in total. The highest BCUT2D eigenvalue weighted by Crippen LogP contribution is 2.67. The van der Waals surface area contributed by atoms with Gasteiger partial charge in [0.05, 0.1) is 23.6 Å². The van der Waals surface area contributed by atoms with Gasteiger partial charge < -0.3 is 5.11 Å². The molecule has 2 aliphatic carbocycles. The van der Waals surface area contributed by atoms with Crippen LogP contribution in [-0.4, -0.2) is 36.0 Å². The smallest absolute Gasteiger partial charge is 0.208 e. The lowest BCUT2D eigenvalue weighted by Gasteiger charge is -2.21. The van der Waals surface area contributed by atoms with Gasteiger partial charge in [0.25, 0.3) is 0 Å². The molecule has 22 heavy (non-hydrogen) atoms. The standard InChI is InChI=1S/C14H16ClN3O3S/c1-22(20,21)18-8-4-11-12(5-8)14(11,19)10-2-7(15)3-13-9(10)6-16-17-13/h2-3,6,8,11-12,18-19H,4-5H2,1H3,(H,16,17)/t8-,11-,12+,14+. The van der Waals surface area contributed by atoms with Gasteiger partial charge in [-0.15, -0.1) is 0 Å². The van der Waals surface area contributed by atoms with Crippen molar-refractivity contribution in [3.63, 3.8) is 0 Å².